The lowest BCUT2D eigenvalue weighted by molar-refractivity contribution is 0.835. The Morgan fingerprint density at radius 3 is 2.67 bits per heavy atom. The van der Waals surface area contributed by atoms with Crippen LogP contribution in [0.1, 0.15) is 27.1 Å². The molecular formula is C12H14N2S. The van der Waals surface area contributed by atoms with Gasteiger partial charge in [0.15, 0.2) is 0 Å². The van der Waals surface area contributed by atoms with E-state index in [1.165, 1.54) is 9.75 Å². The van der Waals surface area contributed by atoms with Crippen LogP contribution in [0, 0.1) is 13.8 Å². The first-order valence-corrected chi connectivity index (χ1v) is 5.73. The fraction of sp³-hybridized carbons (Fsp3) is 0.250. The van der Waals surface area contributed by atoms with E-state index < -0.39 is 0 Å². The maximum absolute atomic E-state index is 6.18. The summed E-state index contributed by atoms with van der Waals surface area (Å²) in [5.74, 6) is 0. The van der Waals surface area contributed by atoms with Crippen molar-refractivity contribution in [1.29, 1.82) is 0 Å². The van der Waals surface area contributed by atoms with Gasteiger partial charge in [0, 0.05) is 16.0 Å². The van der Waals surface area contributed by atoms with E-state index in [1.54, 1.807) is 17.5 Å². The average molecular weight is 218 g/mol. The van der Waals surface area contributed by atoms with E-state index in [-0.39, 0.29) is 6.04 Å². The molecule has 2 nitrogen and oxygen atoms in total. The van der Waals surface area contributed by atoms with Crippen LogP contribution >= 0.6 is 11.3 Å². The summed E-state index contributed by atoms with van der Waals surface area (Å²) in [5, 5.41) is 0. The van der Waals surface area contributed by atoms with Crippen molar-refractivity contribution in [3.63, 3.8) is 0 Å². The van der Waals surface area contributed by atoms with Gasteiger partial charge in [0.2, 0.25) is 0 Å². The summed E-state index contributed by atoms with van der Waals surface area (Å²) in [4.78, 5) is 6.81. The highest BCUT2D eigenvalue weighted by Crippen LogP contribution is 2.26. The highest BCUT2D eigenvalue weighted by atomic mass is 32.1. The van der Waals surface area contributed by atoms with Gasteiger partial charge in [0.1, 0.15) is 0 Å². The topological polar surface area (TPSA) is 38.9 Å². The monoisotopic (exact) mass is 218 g/mol. The molecule has 0 saturated heterocycles. The molecular weight excluding hydrogens is 204 g/mol. The van der Waals surface area contributed by atoms with Gasteiger partial charge in [0.05, 0.1) is 11.7 Å². The van der Waals surface area contributed by atoms with Crippen LogP contribution in [0.3, 0.4) is 0 Å². The predicted molar refractivity (Wildman–Crippen MR) is 64.1 cm³/mol. The molecule has 3 heteroatoms. The van der Waals surface area contributed by atoms with E-state index in [2.05, 4.69) is 24.0 Å². The van der Waals surface area contributed by atoms with E-state index in [0.717, 1.165) is 11.3 Å². The first kappa shape index (κ1) is 10.3. The zero-order valence-corrected chi connectivity index (χ0v) is 9.71. The molecule has 0 bridgehead atoms. The third kappa shape index (κ3) is 2.08. The molecule has 2 N–H and O–H groups in total. The first-order valence-electron chi connectivity index (χ1n) is 4.92. The zero-order valence-electron chi connectivity index (χ0n) is 8.90. The molecule has 0 amide bonds. The summed E-state index contributed by atoms with van der Waals surface area (Å²) < 4.78 is 0. The summed E-state index contributed by atoms with van der Waals surface area (Å²) in [6.07, 6.45) is 1.79. The molecule has 2 rings (SSSR count). The van der Waals surface area contributed by atoms with E-state index >= 15 is 0 Å². The Labute approximate surface area is 93.8 Å². The van der Waals surface area contributed by atoms with Crippen LogP contribution in [0.5, 0.6) is 0 Å². The van der Waals surface area contributed by atoms with Gasteiger partial charge in [-0.05, 0) is 37.6 Å². The minimum Gasteiger partial charge on any atom is -0.318 e. The van der Waals surface area contributed by atoms with E-state index in [0.29, 0.717) is 0 Å². The normalized spacial score (nSPS) is 12.7. The molecule has 0 spiro atoms. The molecule has 0 aliphatic rings. The van der Waals surface area contributed by atoms with E-state index in [4.69, 9.17) is 5.73 Å². The molecule has 2 aromatic heterocycles. The largest absolute Gasteiger partial charge is 0.318 e. The Morgan fingerprint density at radius 1 is 1.27 bits per heavy atom. The van der Waals surface area contributed by atoms with Crippen LogP contribution in [0.4, 0.5) is 0 Å². The van der Waals surface area contributed by atoms with Gasteiger partial charge in [-0.3, -0.25) is 4.98 Å². The lowest BCUT2D eigenvalue weighted by Gasteiger charge is -2.11. The van der Waals surface area contributed by atoms with Gasteiger partial charge in [0.25, 0.3) is 0 Å². The van der Waals surface area contributed by atoms with Crippen molar-refractivity contribution in [2.24, 2.45) is 5.73 Å². The van der Waals surface area contributed by atoms with Crippen LogP contribution in [-0.4, -0.2) is 4.98 Å². The van der Waals surface area contributed by atoms with Crippen molar-refractivity contribution >= 4 is 11.3 Å². The second-order valence-electron chi connectivity index (χ2n) is 3.63. The Kier molecular flexibility index (Phi) is 2.84. The molecule has 2 aromatic rings. The Hall–Kier alpha value is -1.19. The molecule has 15 heavy (non-hydrogen) atoms. The molecule has 0 aromatic carbocycles. The number of pyridine rings is 1. The summed E-state index contributed by atoms with van der Waals surface area (Å²) in [6.45, 7) is 4.13. The number of rotatable bonds is 2. The second kappa shape index (κ2) is 4.13. The Bertz CT molecular complexity index is 462. The fourth-order valence-corrected chi connectivity index (χ4v) is 2.46. The number of thiophene rings is 1. The van der Waals surface area contributed by atoms with Gasteiger partial charge in [-0.2, -0.15) is 0 Å². The molecule has 0 aliphatic carbocycles. The number of nitrogens with two attached hydrogens (primary N) is 1. The van der Waals surface area contributed by atoms with Crippen LogP contribution in [0.15, 0.2) is 30.5 Å². The fourth-order valence-electron chi connectivity index (χ4n) is 1.58. The maximum Gasteiger partial charge on any atom is 0.0822 e. The molecule has 1 unspecified atom stereocenters. The summed E-state index contributed by atoms with van der Waals surface area (Å²) >= 11 is 1.73. The highest BCUT2D eigenvalue weighted by molar-refractivity contribution is 7.12. The number of aryl methyl sites for hydroxylation is 2. The van der Waals surface area contributed by atoms with Crippen LogP contribution < -0.4 is 5.73 Å². The standard InChI is InChI=1S/C12H14N2S/c1-8-4-3-7-14-12(8)11(13)10-6-5-9(2)15-10/h3-7,11H,13H2,1-2H3. The van der Waals surface area contributed by atoms with Gasteiger partial charge >= 0.3 is 0 Å². The molecule has 0 aliphatic heterocycles. The van der Waals surface area contributed by atoms with Gasteiger partial charge < -0.3 is 5.73 Å². The average Bonchev–Trinajstić information content (AvgIpc) is 2.65. The zero-order chi connectivity index (χ0) is 10.8. The summed E-state index contributed by atoms with van der Waals surface area (Å²) in [7, 11) is 0. The minimum atomic E-state index is -0.0927. The molecule has 78 valence electrons. The number of hydrogen-bond acceptors (Lipinski definition) is 3. The summed E-state index contributed by atoms with van der Waals surface area (Å²) in [5.41, 5.74) is 8.30. The first-order chi connectivity index (χ1) is 7.18. The Balaban J connectivity index is 2.36. The van der Waals surface area contributed by atoms with Crippen LogP contribution in [0.2, 0.25) is 0 Å². The number of nitrogens with zero attached hydrogens (tertiary/aromatic N) is 1. The number of hydrogen-bond donors (Lipinski definition) is 1. The third-order valence-corrected chi connectivity index (χ3v) is 3.50. The Morgan fingerprint density at radius 2 is 2.07 bits per heavy atom. The molecule has 1 atom stereocenters. The number of aromatic nitrogens is 1. The van der Waals surface area contributed by atoms with E-state index in [9.17, 15) is 0 Å². The minimum absolute atomic E-state index is 0.0927. The summed E-state index contributed by atoms with van der Waals surface area (Å²) in [6, 6.07) is 8.06. The molecule has 0 radical (unpaired) electrons. The second-order valence-corrected chi connectivity index (χ2v) is 4.95. The molecule has 2 heterocycles. The molecule has 0 fully saturated rings. The SMILES string of the molecule is Cc1ccc(C(N)c2ncccc2C)s1. The van der Waals surface area contributed by atoms with Crippen molar-refractivity contribution in [1.82, 2.24) is 4.98 Å². The quantitative estimate of drug-likeness (QED) is 0.841. The van der Waals surface area contributed by atoms with Crippen LogP contribution in [-0.2, 0) is 0 Å². The van der Waals surface area contributed by atoms with Gasteiger partial charge in [-0.1, -0.05) is 6.07 Å². The lowest BCUT2D eigenvalue weighted by Crippen LogP contribution is -2.13. The highest BCUT2D eigenvalue weighted by Gasteiger charge is 2.13. The van der Waals surface area contributed by atoms with Crippen molar-refractivity contribution in [2.75, 3.05) is 0 Å². The van der Waals surface area contributed by atoms with Crippen molar-refractivity contribution in [3.8, 4) is 0 Å². The third-order valence-electron chi connectivity index (χ3n) is 2.41. The van der Waals surface area contributed by atoms with Gasteiger partial charge in [-0.15, -0.1) is 11.3 Å². The van der Waals surface area contributed by atoms with E-state index in [1.807, 2.05) is 19.1 Å². The van der Waals surface area contributed by atoms with Crippen molar-refractivity contribution < 1.29 is 0 Å². The van der Waals surface area contributed by atoms with Crippen molar-refractivity contribution in [2.45, 2.75) is 19.9 Å². The lowest BCUT2D eigenvalue weighted by atomic mass is 10.1. The maximum atomic E-state index is 6.18. The van der Waals surface area contributed by atoms with Crippen LogP contribution in [0.25, 0.3) is 0 Å². The predicted octanol–water partition coefficient (Wildman–Crippen LogP) is 2.81. The van der Waals surface area contributed by atoms with Crippen molar-refractivity contribution in [3.05, 3.63) is 51.5 Å². The smallest absolute Gasteiger partial charge is 0.0822 e. The van der Waals surface area contributed by atoms with Gasteiger partial charge in [-0.25, -0.2) is 0 Å². The molecule has 0 saturated carbocycles.